The molecule has 5 nitrogen and oxygen atoms in total. The van der Waals surface area contributed by atoms with Gasteiger partial charge in [0, 0.05) is 17.8 Å². The Bertz CT molecular complexity index is 1450. The molecule has 1 unspecified atom stereocenters. The van der Waals surface area contributed by atoms with Gasteiger partial charge in [0.15, 0.2) is 0 Å². The number of hydrogen-bond acceptors (Lipinski definition) is 2. The third-order valence-electron chi connectivity index (χ3n) is 7.34. The fourth-order valence-electron chi connectivity index (χ4n) is 5.25. The number of anilines is 1. The molecule has 0 bridgehead atoms. The topological polar surface area (TPSA) is 45.6 Å². The van der Waals surface area contributed by atoms with Gasteiger partial charge in [0.25, 0.3) is 5.91 Å². The van der Waals surface area contributed by atoms with Crippen LogP contribution in [-0.2, 0) is 11.2 Å². The highest BCUT2D eigenvalue weighted by Gasteiger charge is 2.40. The molecule has 1 aromatic heterocycles. The van der Waals surface area contributed by atoms with Gasteiger partial charge in [-0.05, 0) is 78.9 Å². The fraction of sp³-hybridized carbons (Fsp3) is 0.226. The average Bonchev–Trinajstić information content (AvgIpc) is 3.66. The van der Waals surface area contributed by atoms with Gasteiger partial charge in [-0.25, -0.2) is 4.39 Å². The highest BCUT2D eigenvalue weighted by atomic mass is 19.1. The number of aromatic nitrogens is 1. The minimum absolute atomic E-state index is 0.0221. The summed E-state index contributed by atoms with van der Waals surface area (Å²) in [6.45, 7) is 2.06. The van der Waals surface area contributed by atoms with Crippen LogP contribution in [0.25, 0.3) is 5.69 Å². The first-order valence-electron chi connectivity index (χ1n) is 12.8. The van der Waals surface area contributed by atoms with Gasteiger partial charge in [-0.1, -0.05) is 43.3 Å². The van der Waals surface area contributed by atoms with E-state index in [9.17, 15) is 14.0 Å². The van der Waals surface area contributed by atoms with Gasteiger partial charge in [-0.3, -0.25) is 14.5 Å². The molecule has 2 aliphatic rings. The number of rotatable bonds is 6. The van der Waals surface area contributed by atoms with Crippen LogP contribution in [0.3, 0.4) is 0 Å². The Balaban J connectivity index is 1.38. The maximum Gasteiger partial charge on any atom is 0.254 e. The van der Waals surface area contributed by atoms with Crippen molar-refractivity contribution in [2.75, 3.05) is 11.4 Å². The quantitative estimate of drug-likeness (QED) is 0.335. The summed E-state index contributed by atoms with van der Waals surface area (Å²) in [4.78, 5) is 31.2. The normalized spacial score (nSPS) is 16.2. The maximum atomic E-state index is 14.2. The van der Waals surface area contributed by atoms with Crippen molar-refractivity contribution >= 4 is 17.5 Å². The lowest BCUT2D eigenvalue weighted by Gasteiger charge is -2.39. The zero-order chi connectivity index (χ0) is 25.5. The molecule has 1 atom stereocenters. The van der Waals surface area contributed by atoms with Gasteiger partial charge < -0.3 is 9.47 Å². The van der Waals surface area contributed by atoms with Gasteiger partial charge in [-0.15, -0.1) is 0 Å². The van der Waals surface area contributed by atoms with Crippen molar-refractivity contribution < 1.29 is 14.0 Å². The summed E-state index contributed by atoms with van der Waals surface area (Å²) in [6.07, 6.45) is 4.67. The molecule has 3 aromatic carbocycles. The Morgan fingerprint density at radius 3 is 2.27 bits per heavy atom. The fourth-order valence-corrected chi connectivity index (χ4v) is 5.25. The Kier molecular flexibility index (Phi) is 5.87. The molecule has 0 spiro atoms. The molecule has 0 N–H and O–H groups in total. The van der Waals surface area contributed by atoms with Crippen LogP contribution in [0, 0.1) is 5.82 Å². The lowest BCUT2D eigenvalue weighted by Crippen LogP contribution is -2.47. The third kappa shape index (κ3) is 4.22. The summed E-state index contributed by atoms with van der Waals surface area (Å²) in [7, 11) is 0. The smallest absolute Gasteiger partial charge is 0.254 e. The van der Waals surface area contributed by atoms with Crippen LogP contribution in [0.5, 0.6) is 0 Å². The Morgan fingerprint density at radius 2 is 1.59 bits per heavy atom. The van der Waals surface area contributed by atoms with Crippen molar-refractivity contribution in [3.8, 4) is 5.69 Å². The van der Waals surface area contributed by atoms with Gasteiger partial charge in [0.05, 0.1) is 17.1 Å². The van der Waals surface area contributed by atoms with E-state index in [-0.39, 0.29) is 30.2 Å². The van der Waals surface area contributed by atoms with E-state index in [1.807, 2.05) is 66.9 Å². The SMILES string of the molecule is CCc1ccc(C(=O)N(CC(=O)N2c3ccccc3-n3cccc3C2c2ccc(F)cc2)C2CC2)cc1. The molecular weight excluding hydrogens is 465 g/mol. The van der Waals surface area contributed by atoms with E-state index >= 15 is 0 Å². The molecule has 1 saturated carbocycles. The van der Waals surface area contributed by atoms with Crippen LogP contribution in [0.15, 0.2) is 91.1 Å². The second-order valence-electron chi connectivity index (χ2n) is 9.72. The summed E-state index contributed by atoms with van der Waals surface area (Å²) >= 11 is 0. The van der Waals surface area contributed by atoms with Crippen molar-refractivity contribution in [2.45, 2.75) is 38.3 Å². The predicted octanol–water partition coefficient (Wildman–Crippen LogP) is 5.92. The van der Waals surface area contributed by atoms with E-state index in [2.05, 4.69) is 11.5 Å². The lowest BCUT2D eigenvalue weighted by molar-refractivity contribution is -0.119. The summed E-state index contributed by atoms with van der Waals surface area (Å²) in [5.74, 6) is -0.613. The number of aryl methyl sites for hydroxylation is 1. The minimum Gasteiger partial charge on any atom is -0.326 e. The van der Waals surface area contributed by atoms with Gasteiger partial charge in [-0.2, -0.15) is 0 Å². The maximum absolute atomic E-state index is 14.2. The molecule has 37 heavy (non-hydrogen) atoms. The summed E-state index contributed by atoms with van der Waals surface area (Å²) in [5.41, 5.74) is 5.15. The first-order valence-corrected chi connectivity index (χ1v) is 12.8. The van der Waals surface area contributed by atoms with Crippen LogP contribution >= 0.6 is 0 Å². The molecule has 1 fully saturated rings. The number of halogens is 1. The Morgan fingerprint density at radius 1 is 0.892 bits per heavy atom. The summed E-state index contributed by atoms with van der Waals surface area (Å²) in [5, 5.41) is 0. The molecule has 0 radical (unpaired) electrons. The second-order valence-corrected chi connectivity index (χ2v) is 9.72. The monoisotopic (exact) mass is 493 g/mol. The van der Waals surface area contributed by atoms with Crippen LogP contribution in [0.1, 0.15) is 53.0 Å². The van der Waals surface area contributed by atoms with E-state index in [4.69, 9.17) is 0 Å². The molecular formula is C31H28FN3O2. The number of fused-ring (bicyclic) bond motifs is 3. The molecule has 6 rings (SSSR count). The molecule has 186 valence electrons. The van der Waals surface area contributed by atoms with E-state index in [0.29, 0.717) is 5.56 Å². The number of para-hydroxylation sites is 2. The molecule has 2 amide bonds. The van der Waals surface area contributed by atoms with Crippen LogP contribution < -0.4 is 4.90 Å². The van der Waals surface area contributed by atoms with Crippen molar-refractivity contribution in [1.82, 2.24) is 9.47 Å². The molecule has 6 heteroatoms. The largest absolute Gasteiger partial charge is 0.326 e. The number of nitrogens with zero attached hydrogens (tertiary/aromatic N) is 3. The average molecular weight is 494 g/mol. The Hall–Kier alpha value is -4.19. The van der Waals surface area contributed by atoms with E-state index in [1.165, 1.54) is 17.7 Å². The highest BCUT2D eigenvalue weighted by Crippen LogP contribution is 2.42. The van der Waals surface area contributed by atoms with Gasteiger partial charge in [0.2, 0.25) is 5.91 Å². The van der Waals surface area contributed by atoms with Crippen molar-refractivity contribution in [3.63, 3.8) is 0 Å². The number of amides is 2. The summed E-state index contributed by atoms with van der Waals surface area (Å²) < 4.78 is 15.9. The third-order valence-corrected chi connectivity index (χ3v) is 7.34. The standard InChI is InChI=1S/C31H28FN3O2/c1-2-21-9-11-23(12-10-21)31(37)34(25-17-18-25)20-29(36)35-27-7-4-3-6-26(27)33-19-5-8-28(33)30(35)22-13-15-24(32)16-14-22/h3-16,19,25,30H,2,17-18,20H2,1H3. The number of carbonyl (C=O) groups is 2. The second kappa shape index (κ2) is 9.36. The van der Waals surface area contributed by atoms with E-state index in [1.54, 1.807) is 21.9 Å². The lowest BCUT2D eigenvalue weighted by atomic mass is 9.97. The van der Waals surface area contributed by atoms with E-state index in [0.717, 1.165) is 41.9 Å². The number of hydrogen-bond donors (Lipinski definition) is 0. The van der Waals surface area contributed by atoms with Crippen molar-refractivity contribution in [2.24, 2.45) is 0 Å². The molecule has 2 heterocycles. The first kappa shape index (κ1) is 23.2. The molecule has 1 aliphatic heterocycles. The minimum atomic E-state index is -0.446. The Labute approximate surface area is 215 Å². The number of benzene rings is 3. The van der Waals surface area contributed by atoms with Crippen molar-refractivity contribution in [1.29, 1.82) is 0 Å². The van der Waals surface area contributed by atoms with Crippen LogP contribution in [0.4, 0.5) is 10.1 Å². The molecule has 1 aliphatic carbocycles. The van der Waals surface area contributed by atoms with Gasteiger partial charge in [0.1, 0.15) is 18.4 Å². The predicted molar refractivity (Wildman–Crippen MR) is 141 cm³/mol. The highest BCUT2D eigenvalue weighted by molar-refractivity contribution is 6.03. The van der Waals surface area contributed by atoms with Crippen LogP contribution in [0.2, 0.25) is 0 Å². The molecule has 4 aromatic rings. The van der Waals surface area contributed by atoms with Gasteiger partial charge >= 0.3 is 0 Å². The van der Waals surface area contributed by atoms with Crippen molar-refractivity contribution in [3.05, 3.63) is 119 Å². The van der Waals surface area contributed by atoms with E-state index < -0.39 is 6.04 Å². The van der Waals surface area contributed by atoms with Crippen LogP contribution in [-0.4, -0.2) is 33.9 Å². The zero-order valence-corrected chi connectivity index (χ0v) is 20.7. The molecule has 0 saturated heterocycles. The number of carbonyl (C=O) groups excluding carboxylic acids is 2. The summed E-state index contributed by atoms with van der Waals surface area (Å²) in [6, 6.07) is 25.3. The first-order chi connectivity index (χ1) is 18.0. The zero-order valence-electron chi connectivity index (χ0n) is 20.7.